The van der Waals surface area contributed by atoms with Crippen LogP contribution in [0.15, 0.2) is 28.7 Å². The fourth-order valence-corrected chi connectivity index (χ4v) is 2.39. The van der Waals surface area contributed by atoms with Crippen molar-refractivity contribution < 1.29 is 14.6 Å². The molecule has 0 saturated carbocycles. The van der Waals surface area contributed by atoms with Gasteiger partial charge in [0.25, 0.3) is 0 Å². The molecule has 1 aliphatic heterocycles. The third-order valence-corrected chi connectivity index (χ3v) is 3.75. The Morgan fingerprint density at radius 1 is 1.53 bits per heavy atom. The van der Waals surface area contributed by atoms with Crippen molar-refractivity contribution in [2.75, 3.05) is 38.2 Å². The van der Waals surface area contributed by atoms with Crippen LogP contribution in [0.5, 0.6) is 0 Å². The molecule has 0 bridgehead atoms. The van der Waals surface area contributed by atoms with Crippen molar-refractivity contribution >= 4 is 27.5 Å². The predicted molar refractivity (Wildman–Crippen MR) is 76.0 cm³/mol. The summed E-state index contributed by atoms with van der Waals surface area (Å²) < 4.78 is 6.13. The van der Waals surface area contributed by atoms with E-state index >= 15 is 0 Å². The molecule has 1 aromatic carbocycles. The predicted octanol–water partition coefficient (Wildman–Crippen LogP) is 1.08. The highest BCUT2D eigenvalue weighted by Crippen LogP contribution is 2.21. The molecule has 5 nitrogen and oxygen atoms in total. The Labute approximate surface area is 120 Å². The second-order valence-corrected chi connectivity index (χ2v) is 5.26. The van der Waals surface area contributed by atoms with Crippen molar-refractivity contribution in [1.82, 2.24) is 4.90 Å². The number of ether oxygens (including phenoxy) is 1. The number of morpholine rings is 1. The molecule has 1 saturated heterocycles. The van der Waals surface area contributed by atoms with Crippen LogP contribution in [0.2, 0.25) is 0 Å². The van der Waals surface area contributed by atoms with Gasteiger partial charge in [-0.15, -0.1) is 0 Å². The summed E-state index contributed by atoms with van der Waals surface area (Å²) in [6, 6.07) is 7.37. The summed E-state index contributed by atoms with van der Waals surface area (Å²) in [4.78, 5) is 13.9. The number of aliphatic hydroxyl groups excluding tert-OH is 1. The zero-order chi connectivity index (χ0) is 13.7. The monoisotopic (exact) mass is 328 g/mol. The maximum Gasteiger partial charge on any atom is 0.238 e. The highest BCUT2D eigenvalue weighted by molar-refractivity contribution is 9.10. The van der Waals surface area contributed by atoms with Gasteiger partial charge in [-0.05, 0) is 28.1 Å². The van der Waals surface area contributed by atoms with Crippen LogP contribution in [0.25, 0.3) is 0 Å². The molecule has 0 aliphatic carbocycles. The Balaban J connectivity index is 1.92. The lowest BCUT2D eigenvalue weighted by atomic mass is 10.2. The van der Waals surface area contributed by atoms with Crippen LogP contribution >= 0.6 is 15.9 Å². The fraction of sp³-hybridized carbons (Fsp3) is 0.462. The number of carbonyl (C=O) groups is 1. The third-order valence-electron chi connectivity index (χ3n) is 3.05. The molecule has 6 heteroatoms. The number of halogens is 1. The molecular weight excluding hydrogens is 312 g/mol. The smallest absolute Gasteiger partial charge is 0.238 e. The number of benzene rings is 1. The number of para-hydroxylation sites is 1. The number of nitrogens with one attached hydrogen (secondary N) is 1. The van der Waals surface area contributed by atoms with E-state index in [9.17, 15) is 9.90 Å². The molecule has 2 N–H and O–H groups in total. The van der Waals surface area contributed by atoms with E-state index in [0.717, 1.165) is 10.2 Å². The summed E-state index contributed by atoms with van der Waals surface area (Å²) >= 11 is 3.39. The van der Waals surface area contributed by atoms with Crippen LogP contribution in [-0.4, -0.2) is 54.9 Å². The van der Waals surface area contributed by atoms with Gasteiger partial charge in [0.05, 0.1) is 38.1 Å². The first-order chi connectivity index (χ1) is 9.20. The van der Waals surface area contributed by atoms with Crippen molar-refractivity contribution in [3.8, 4) is 0 Å². The van der Waals surface area contributed by atoms with Gasteiger partial charge in [0, 0.05) is 11.0 Å². The van der Waals surface area contributed by atoms with Crippen LogP contribution in [-0.2, 0) is 9.53 Å². The standard InChI is InChI=1S/C13H17BrN2O3/c14-11-3-1-2-4-12(11)15-13(18)7-16-5-6-19-9-10(16)8-17/h1-4,10,17H,5-9H2,(H,15,18). The zero-order valence-electron chi connectivity index (χ0n) is 10.5. The second kappa shape index (κ2) is 7.00. The summed E-state index contributed by atoms with van der Waals surface area (Å²) in [7, 11) is 0. The lowest BCUT2D eigenvalue weighted by Gasteiger charge is -2.33. The number of nitrogens with zero attached hydrogens (tertiary/aromatic N) is 1. The van der Waals surface area contributed by atoms with E-state index in [4.69, 9.17) is 4.74 Å². The second-order valence-electron chi connectivity index (χ2n) is 4.41. The minimum absolute atomic E-state index is 0.00229. The number of amides is 1. The van der Waals surface area contributed by atoms with E-state index in [2.05, 4.69) is 21.2 Å². The minimum Gasteiger partial charge on any atom is -0.395 e. The van der Waals surface area contributed by atoms with Gasteiger partial charge >= 0.3 is 0 Å². The first kappa shape index (κ1) is 14.5. The molecule has 1 aliphatic rings. The molecule has 1 fully saturated rings. The Hall–Kier alpha value is -0.950. The van der Waals surface area contributed by atoms with E-state index in [0.29, 0.717) is 19.8 Å². The molecule has 1 aromatic rings. The SMILES string of the molecule is O=C(CN1CCOCC1CO)Nc1ccccc1Br. The zero-order valence-corrected chi connectivity index (χ0v) is 12.1. The van der Waals surface area contributed by atoms with Crippen molar-refractivity contribution in [2.45, 2.75) is 6.04 Å². The first-order valence-electron chi connectivity index (χ1n) is 6.17. The van der Waals surface area contributed by atoms with Gasteiger partial charge in [-0.2, -0.15) is 0 Å². The molecule has 2 rings (SSSR count). The van der Waals surface area contributed by atoms with Gasteiger partial charge in [-0.25, -0.2) is 0 Å². The lowest BCUT2D eigenvalue weighted by molar-refractivity contribution is -0.120. The quantitative estimate of drug-likeness (QED) is 0.868. The fourth-order valence-electron chi connectivity index (χ4n) is 2.00. The van der Waals surface area contributed by atoms with E-state index in [1.165, 1.54) is 0 Å². The van der Waals surface area contributed by atoms with Crippen molar-refractivity contribution in [3.05, 3.63) is 28.7 Å². The molecule has 104 valence electrons. The Bertz CT molecular complexity index is 442. The maximum absolute atomic E-state index is 12.0. The molecule has 19 heavy (non-hydrogen) atoms. The van der Waals surface area contributed by atoms with Crippen LogP contribution in [0, 0.1) is 0 Å². The molecule has 0 radical (unpaired) electrons. The number of hydrogen-bond acceptors (Lipinski definition) is 4. The molecule has 1 amide bonds. The van der Waals surface area contributed by atoms with E-state index in [1.807, 2.05) is 29.2 Å². The molecule has 1 heterocycles. The van der Waals surface area contributed by atoms with Gasteiger partial charge in [0.1, 0.15) is 0 Å². The van der Waals surface area contributed by atoms with Crippen LogP contribution in [0.3, 0.4) is 0 Å². The minimum atomic E-state index is -0.0984. The maximum atomic E-state index is 12.0. The molecular formula is C13H17BrN2O3. The molecule has 0 spiro atoms. The average molecular weight is 329 g/mol. The number of anilines is 1. The summed E-state index contributed by atoms with van der Waals surface area (Å²) in [6.45, 7) is 1.99. The van der Waals surface area contributed by atoms with Gasteiger partial charge in [-0.3, -0.25) is 9.69 Å². The highest BCUT2D eigenvalue weighted by atomic mass is 79.9. The van der Waals surface area contributed by atoms with Crippen molar-refractivity contribution in [1.29, 1.82) is 0 Å². The molecule has 1 unspecified atom stereocenters. The van der Waals surface area contributed by atoms with Crippen molar-refractivity contribution in [2.24, 2.45) is 0 Å². The summed E-state index contributed by atoms with van der Waals surface area (Å²) in [5.41, 5.74) is 0.751. The Morgan fingerprint density at radius 2 is 2.32 bits per heavy atom. The van der Waals surface area contributed by atoms with Gasteiger partial charge in [0.15, 0.2) is 0 Å². The van der Waals surface area contributed by atoms with Crippen LogP contribution < -0.4 is 5.32 Å². The number of rotatable bonds is 4. The normalized spacial score (nSPS) is 20.2. The summed E-state index contributed by atoms with van der Waals surface area (Å²) in [5, 5.41) is 12.1. The first-order valence-corrected chi connectivity index (χ1v) is 6.97. The summed E-state index contributed by atoms with van der Waals surface area (Å²) in [6.07, 6.45) is 0. The van der Waals surface area contributed by atoms with Crippen LogP contribution in [0.4, 0.5) is 5.69 Å². The number of carbonyl (C=O) groups excluding carboxylic acids is 1. The Kier molecular flexibility index (Phi) is 5.33. The van der Waals surface area contributed by atoms with E-state index < -0.39 is 0 Å². The Morgan fingerprint density at radius 3 is 3.05 bits per heavy atom. The third kappa shape index (κ3) is 4.01. The van der Waals surface area contributed by atoms with Gasteiger partial charge in [0.2, 0.25) is 5.91 Å². The highest BCUT2D eigenvalue weighted by Gasteiger charge is 2.24. The number of aliphatic hydroxyl groups is 1. The lowest BCUT2D eigenvalue weighted by Crippen LogP contribution is -2.50. The molecule has 1 atom stereocenters. The van der Waals surface area contributed by atoms with Gasteiger partial charge < -0.3 is 15.2 Å². The largest absolute Gasteiger partial charge is 0.395 e. The summed E-state index contributed by atoms with van der Waals surface area (Å²) in [5.74, 6) is -0.0905. The van der Waals surface area contributed by atoms with E-state index in [1.54, 1.807) is 0 Å². The van der Waals surface area contributed by atoms with Gasteiger partial charge in [-0.1, -0.05) is 12.1 Å². The average Bonchev–Trinajstić information content (AvgIpc) is 2.42. The number of hydrogen-bond donors (Lipinski definition) is 2. The van der Waals surface area contributed by atoms with Crippen LogP contribution in [0.1, 0.15) is 0 Å². The van der Waals surface area contributed by atoms with Crippen molar-refractivity contribution in [3.63, 3.8) is 0 Å². The molecule has 0 aromatic heterocycles. The topological polar surface area (TPSA) is 61.8 Å². The van der Waals surface area contributed by atoms with E-state index in [-0.39, 0.29) is 25.1 Å².